The van der Waals surface area contributed by atoms with E-state index in [1.165, 1.54) is 6.08 Å². The number of hydrogen-bond acceptors (Lipinski definition) is 2. The fourth-order valence-corrected chi connectivity index (χ4v) is 1.33. The Hall–Kier alpha value is -2.10. The highest BCUT2D eigenvalue weighted by molar-refractivity contribution is 5.91. The van der Waals surface area contributed by atoms with Crippen LogP contribution in [0.3, 0.4) is 0 Å². The van der Waals surface area contributed by atoms with Crippen molar-refractivity contribution in [1.29, 1.82) is 0 Å². The summed E-state index contributed by atoms with van der Waals surface area (Å²) >= 11 is 0. The van der Waals surface area contributed by atoms with Gasteiger partial charge in [-0.05, 0) is 18.1 Å². The van der Waals surface area contributed by atoms with Gasteiger partial charge in [0, 0.05) is 12.6 Å². The van der Waals surface area contributed by atoms with Crippen LogP contribution in [-0.2, 0) is 9.59 Å². The number of carboxylic acid groups (broad SMARTS) is 1. The number of carbonyl (C=O) groups excluding carboxylic acids is 1. The molecule has 1 amide bonds. The number of carboxylic acids is 1. The standard InChI is InChI=1S/C14H17NO3/c1-11(14(17)18)9-10-15-13(16)8-7-12-5-3-2-4-6-12/h2-8,11H,9-10H2,1H3,(H,15,16)(H,17,18)/b8-7+. The third kappa shape index (κ3) is 5.30. The van der Waals surface area contributed by atoms with Crippen molar-refractivity contribution in [2.75, 3.05) is 6.54 Å². The van der Waals surface area contributed by atoms with Crippen molar-refractivity contribution in [2.24, 2.45) is 5.92 Å². The van der Waals surface area contributed by atoms with Gasteiger partial charge in [-0.25, -0.2) is 0 Å². The third-order valence-electron chi connectivity index (χ3n) is 2.52. The predicted molar refractivity (Wildman–Crippen MR) is 69.9 cm³/mol. The van der Waals surface area contributed by atoms with Crippen molar-refractivity contribution in [3.05, 3.63) is 42.0 Å². The Morgan fingerprint density at radius 1 is 1.33 bits per heavy atom. The van der Waals surface area contributed by atoms with Gasteiger partial charge in [0.25, 0.3) is 0 Å². The van der Waals surface area contributed by atoms with Crippen molar-refractivity contribution in [2.45, 2.75) is 13.3 Å². The number of aliphatic carboxylic acids is 1. The van der Waals surface area contributed by atoms with E-state index in [2.05, 4.69) is 5.32 Å². The van der Waals surface area contributed by atoms with Gasteiger partial charge in [-0.15, -0.1) is 0 Å². The minimum Gasteiger partial charge on any atom is -0.481 e. The van der Waals surface area contributed by atoms with Gasteiger partial charge in [-0.3, -0.25) is 9.59 Å². The number of benzene rings is 1. The molecule has 1 aromatic rings. The van der Waals surface area contributed by atoms with E-state index in [0.29, 0.717) is 13.0 Å². The van der Waals surface area contributed by atoms with Crippen LogP contribution in [0, 0.1) is 5.92 Å². The summed E-state index contributed by atoms with van der Waals surface area (Å²) in [6, 6.07) is 9.50. The molecule has 0 spiro atoms. The normalized spacial score (nSPS) is 12.3. The van der Waals surface area contributed by atoms with Crippen molar-refractivity contribution >= 4 is 18.0 Å². The molecule has 0 aromatic heterocycles. The highest BCUT2D eigenvalue weighted by Crippen LogP contribution is 2.01. The summed E-state index contributed by atoms with van der Waals surface area (Å²) in [4.78, 5) is 22.0. The molecule has 0 aliphatic heterocycles. The van der Waals surface area contributed by atoms with Crippen LogP contribution in [0.5, 0.6) is 0 Å². The van der Waals surface area contributed by atoms with E-state index in [4.69, 9.17) is 5.11 Å². The summed E-state index contributed by atoms with van der Waals surface area (Å²) in [5.41, 5.74) is 0.951. The summed E-state index contributed by atoms with van der Waals surface area (Å²) < 4.78 is 0. The van der Waals surface area contributed by atoms with Gasteiger partial charge in [-0.2, -0.15) is 0 Å². The SMILES string of the molecule is CC(CCNC(=O)/C=C/c1ccccc1)C(=O)O. The van der Waals surface area contributed by atoms with Gasteiger partial charge in [0.2, 0.25) is 5.91 Å². The van der Waals surface area contributed by atoms with Gasteiger partial charge in [0.05, 0.1) is 5.92 Å². The molecule has 1 unspecified atom stereocenters. The quantitative estimate of drug-likeness (QED) is 0.755. The Morgan fingerprint density at radius 3 is 2.61 bits per heavy atom. The molecule has 0 fully saturated rings. The number of nitrogens with one attached hydrogen (secondary N) is 1. The van der Waals surface area contributed by atoms with E-state index in [1.807, 2.05) is 30.3 Å². The molecule has 0 bridgehead atoms. The molecule has 0 aliphatic carbocycles. The summed E-state index contributed by atoms with van der Waals surface area (Å²) in [6.45, 7) is 1.99. The molecule has 4 nitrogen and oxygen atoms in total. The van der Waals surface area contributed by atoms with Crippen LogP contribution in [0.4, 0.5) is 0 Å². The maximum Gasteiger partial charge on any atom is 0.306 e. The Labute approximate surface area is 106 Å². The number of rotatable bonds is 6. The molecule has 96 valence electrons. The first-order valence-electron chi connectivity index (χ1n) is 5.83. The summed E-state index contributed by atoms with van der Waals surface area (Å²) in [5, 5.41) is 11.3. The minimum absolute atomic E-state index is 0.212. The molecule has 2 N–H and O–H groups in total. The first-order chi connectivity index (χ1) is 8.59. The Bertz CT molecular complexity index is 426. The van der Waals surface area contributed by atoms with E-state index in [0.717, 1.165) is 5.56 Å². The Morgan fingerprint density at radius 2 is 2.00 bits per heavy atom. The van der Waals surface area contributed by atoms with Crippen LogP contribution in [0.15, 0.2) is 36.4 Å². The van der Waals surface area contributed by atoms with Crippen LogP contribution in [-0.4, -0.2) is 23.5 Å². The lowest BCUT2D eigenvalue weighted by Crippen LogP contribution is -2.25. The maximum absolute atomic E-state index is 11.4. The first-order valence-corrected chi connectivity index (χ1v) is 5.83. The van der Waals surface area contributed by atoms with E-state index in [1.54, 1.807) is 13.0 Å². The zero-order valence-electron chi connectivity index (χ0n) is 10.3. The molecule has 0 aliphatic rings. The lowest BCUT2D eigenvalue weighted by atomic mass is 10.1. The van der Waals surface area contributed by atoms with E-state index in [-0.39, 0.29) is 5.91 Å². The summed E-state index contributed by atoms with van der Waals surface area (Å²) in [6.07, 6.45) is 3.59. The van der Waals surface area contributed by atoms with E-state index < -0.39 is 11.9 Å². The van der Waals surface area contributed by atoms with Gasteiger partial charge in [-0.1, -0.05) is 37.3 Å². The summed E-state index contributed by atoms with van der Waals surface area (Å²) in [5.74, 6) is -1.50. The first kappa shape index (κ1) is 14.0. The second-order valence-corrected chi connectivity index (χ2v) is 4.06. The second-order valence-electron chi connectivity index (χ2n) is 4.06. The smallest absolute Gasteiger partial charge is 0.306 e. The van der Waals surface area contributed by atoms with Crippen molar-refractivity contribution < 1.29 is 14.7 Å². The molecule has 0 radical (unpaired) electrons. The molecular formula is C14H17NO3. The van der Waals surface area contributed by atoms with E-state index in [9.17, 15) is 9.59 Å². The summed E-state index contributed by atoms with van der Waals surface area (Å²) in [7, 11) is 0. The van der Waals surface area contributed by atoms with Crippen LogP contribution in [0.2, 0.25) is 0 Å². The highest BCUT2D eigenvalue weighted by Gasteiger charge is 2.09. The van der Waals surface area contributed by atoms with Crippen LogP contribution in [0.25, 0.3) is 6.08 Å². The molecule has 1 aromatic carbocycles. The van der Waals surface area contributed by atoms with Gasteiger partial charge < -0.3 is 10.4 Å². The van der Waals surface area contributed by atoms with Crippen molar-refractivity contribution in [3.63, 3.8) is 0 Å². The highest BCUT2D eigenvalue weighted by atomic mass is 16.4. The van der Waals surface area contributed by atoms with Crippen LogP contribution >= 0.6 is 0 Å². The monoisotopic (exact) mass is 247 g/mol. The molecular weight excluding hydrogens is 230 g/mol. The fraction of sp³-hybridized carbons (Fsp3) is 0.286. The molecule has 18 heavy (non-hydrogen) atoms. The molecule has 4 heteroatoms. The topological polar surface area (TPSA) is 66.4 Å². The molecule has 1 rings (SSSR count). The predicted octanol–water partition coefficient (Wildman–Crippen LogP) is 1.93. The van der Waals surface area contributed by atoms with Crippen molar-refractivity contribution in [3.8, 4) is 0 Å². The number of carbonyl (C=O) groups is 2. The number of amides is 1. The lowest BCUT2D eigenvalue weighted by molar-refractivity contribution is -0.141. The Balaban J connectivity index is 2.30. The number of hydrogen-bond donors (Lipinski definition) is 2. The average molecular weight is 247 g/mol. The van der Waals surface area contributed by atoms with Gasteiger partial charge in [0.1, 0.15) is 0 Å². The molecule has 0 saturated carbocycles. The average Bonchev–Trinajstić information content (AvgIpc) is 2.37. The van der Waals surface area contributed by atoms with Crippen LogP contribution < -0.4 is 5.32 Å². The van der Waals surface area contributed by atoms with Crippen LogP contribution in [0.1, 0.15) is 18.9 Å². The van der Waals surface area contributed by atoms with Crippen molar-refractivity contribution in [1.82, 2.24) is 5.32 Å². The van der Waals surface area contributed by atoms with E-state index >= 15 is 0 Å². The zero-order chi connectivity index (χ0) is 13.4. The second kappa shape index (κ2) is 7.27. The largest absolute Gasteiger partial charge is 0.481 e. The third-order valence-corrected chi connectivity index (χ3v) is 2.52. The molecule has 0 saturated heterocycles. The Kier molecular flexibility index (Phi) is 5.64. The fourth-order valence-electron chi connectivity index (χ4n) is 1.33. The lowest BCUT2D eigenvalue weighted by Gasteiger charge is -2.05. The molecule has 0 heterocycles. The van der Waals surface area contributed by atoms with Gasteiger partial charge in [0.15, 0.2) is 0 Å². The molecule has 1 atom stereocenters. The minimum atomic E-state index is -0.843. The maximum atomic E-state index is 11.4. The zero-order valence-corrected chi connectivity index (χ0v) is 10.3. The van der Waals surface area contributed by atoms with Gasteiger partial charge >= 0.3 is 5.97 Å².